The average Bonchev–Trinajstić information content (AvgIpc) is 2.94. The molecule has 4 N–H and O–H groups in total. The van der Waals surface area contributed by atoms with Gasteiger partial charge >= 0.3 is 0 Å². The van der Waals surface area contributed by atoms with E-state index in [1.165, 1.54) is 167 Å². The lowest BCUT2D eigenvalue weighted by molar-refractivity contribution is -0.0472. The first-order valence-electron chi connectivity index (χ1n) is 18.4. The van der Waals surface area contributed by atoms with Crippen molar-refractivity contribution in [3.8, 4) is 0 Å². The van der Waals surface area contributed by atoms with Crippen LogP contribution in [0.5, 0.6) is 0 Å². The Hall–Kier alpha value is -0.200. The standard InChI is InChI=1S/C36H74O5/c37-35(38)31-27-23-19-15-11-7-3-1-5-9-13-17-21-25-29-33-41-34-30-26-22-18-14-10-6-2-4-8-12-16-20-24-28-32-36(39)40/h35-40H,1-34H2. The Morgan fingerprint density at radius 1 is 0.244 bits per heavy atom. The Balaban J connectivity index is 3.03. The Morgan fingerprint density at radius 2 is 0.415 bits per heavy atom. The minimum absolute atomic E-state index is 0.529. The molecule has 0 aromatic carbocycles. The summed E-state index contributed by atoms with van der Waals surface area (Å²) in [5, 5.41) is 35.3. The average molecular weight is 587 g/mol. The molecule has 5 nitrogen and oxygen atoms in total. The minimum Gasteiger partial charge on any atom is -0.381 e. The van der Waals surface area contributed by atoms with Crippen LogP contribution in [0.2, 0.25) is 0 Å². The Morgan fingerprint density at radius 3 is 0.610 bits per heavy atom. The van der Waals surface area contributed by atoms with E-state index in [4.69, 9.17) is 25.2 Å². The summed E-state index contributed by atoms with van der Waals surface area (Å²) in [6, 6.07) is 0. The Kier molecular flexibility index (Phi) is 35.8. The van der Waals surface area contributed by atoms with Crippen LogP contribution in [0.4, 0.5) is 0 Å². The number of ether oxygens (including phenoxy) is 1. The predicted octanol–water partition coefficient (Wildman–Crippen LogP) is 10.1. The lowest BCUT2D eigenvalue weighted by Gasteiger charge is -2.06. The lowest BCUT2D eigenvalue weighted by atomic mass is 10.0. The van der Waals surface area contributed by atoms with E-state index in [-0.39, 0.29) is 0 Å². The number of aliphatic hydroxyl groups is 4. The van der Waals surface area contributed by atoms with Gasteiger partial charge in [0.15, 0.2) is 12.6 Å². The van der Waals surface area contributed by atoms with Crippen LogP contribution in [0.3, 0.4) is 0 Å². The molecule has 0 radical (unpaired) electrons. The highest BCUT2D eigenvalue weighted by Crippen LogP contribution is 2.15. The molecule has 248 valence electrons. The SMILES string of the molecule is OC(O)CCCCCCCCCCCCCCCCCOCCCCCCCCCCCCCCCCCC(O)O. The molecular weight excluding hydrogens is 512 g/mol. The lowest BCUT2D eigenvalue weighted by Crippen LogP contribution is -2.02. The van der Waals surface area contributed by atoms with Crippen LogP contribution >= 0.6 is 0 Å². The van der Waals surface area contributed by atoms with E-state index in [1.807, 2.05) is 0 Å². The third-order valence-corrected chi connectivity index (χ3v) is 8.50. The molecule has 0 amide bonds. The zero-order chi connectivity index (χ0) is 29.9. The maximum Gasteiger partial charge on any atom is 0.151 e. The molecule has 0 aromatic heterocycles. The van der Waals surface area contributed by atoms with Gasteiger partial charge < -0.3 is 25.2 Å². The fourth-order valence-corrected chi connectivity index (χ4v) is 5.76. The van der Waals surface area contributed by atoms with Crippen molar-refractivity contribution in [2.45, 2.75) is 218 Å². The molecule has 0 unspecified atom stereocenters. The molecule has 0 spiro atoms. The fourth-order valence-electron chi connectivity index (χ4n) is 5.76. The maximum atomic E-state index is 8.82. The summed E-state index contributed by atoms with van der Waals surface area (Å²) in [4.78, 5) is 0. The van der Waals surface area contributed by atoms with Gasteiger partial charge in [0.2, 0.25) is 0 Å². The highest BCUT2D eigenvalue weighted by molar-refractivity contribution is 4.52. The van der Waals surface area contributed by atoms with Crippen LogP contribution in [-0.4, -0.2) is 46.2 Å². The fraction of sp³-hybridized carbons (Fsp3) is 1.00. The molecule has 0 saturated heterocycles. The van der Waals surface area contributed by atoms with Gasteiger partial charge in [-0.1, -0.05) is 167 Å². The first-order chi connectivity index (χ1) is 20.1. The molecule has 0 bridgehead atoms. The van der Waals surface area contributed by atoms with Gasteiger partial charge in [0.05, 0.1) is 0 Å². The van der Waals surface area contributed by atoms with Crippen molar-refractivity contribution in [2.24, 2.45) is 0 Å². The largest absolute Gasteiger partial charge is 0.381 e. The zero-order valence-electron chi connectivity index (χ0n) is 27.4. The molecule has 0 aliphatic carbocycles. The van der Waals surface area contributed by atoms with Crippen LogP contribution < -0.4 is 0 Å². The first kappa shape index (κ1) is 40.8. The summed E-state index contributed by atoms with van der Waals surface area (Å²) in [6.45, 7) is 1.91. The van der Waals surface area contributed by atoms with E-state index in [1.54, 1.807) is 0 Å². The van der Waals surface area contributed by atoms with Gasteiger partial charge in [0.25, 0.3) is 0 Å². The predicted molar refractivity (Wildman–Crippen MR) is 175 cm³/mol. The van der Waals surface area contributed by atoms with Crippen LogP contribution in [0, 0.1) is 0 Å². The van der Waals surface area contributed by atoms with Crippen molar-refractivity contribution >= 4 is 0 Å². The number of rotatable bonds is 36. The Labute approximate surface area is 256 Å². The quantitative estimate of drug-likeness (QED) is 0.0433. The molecular formula is C36H74O5. The summed E-state index contributed by atoms with van der Waals surface area (Å²) in [5.41, 5.74) is 0. The van der Waals surface area contributed by atoms with Gasteiger partial charge in [0.1, 0.15) is 0 Å². The first-order valence-corrected chi connectivity index (χ1v) is 18.4. The topological polar surface area (TPSA) is 90.2 Å². The van der Waals surface area contributed by atoms with Crippen molar-refractivity contribution in [3.05, 3.63) is 0 Å². The van der Waals surface area contributed by atoms with Crippen molar-refractivity contribution in [2.75, 3.05) is 13.2 Å². The summed E-state index contributed by atoms with van der Waals surface area (Å²) >= 11 is 0. The molecule has 0 rings (SSSR count). The third kappa shape index (κ3) is 39.8. The third-order valence-electron chi connectivity index (χ3n) is 8.50. The molecule has 0 aliphatic rings. The summed E-state index contributed by atoms with van der Waals surface area (Å²) in [6.07, 6.45) is 38.1. The van der Waals surface area contributed by atoms with Crippen molar-refractivity contribution in [3.63, 3.8) is 0 Å². The monoisotopic (exact) mass is 587 g/mol. The molecule has 0 fully saturated rings. The van der Waals surface area contributed by atoms with Gasteiger partial charge in [-0.15, -0.1) is 0 Å². The van der Waals surface area contributed by atoms with Crippen LogP contribution in [0.1, 0.15) is 205 Å². The maximum absolute atomic E-state index is 8.82. The highest BCUT2D eigenvalue weighted by Gasteiger charge is 1.99. The summed E-state index contributed by atoms with van der Waals surface area (Å²) in [5.74, 6) is 0. The van der Waals surface area contributed by atoms with Crippen LogP contribution in [0.15, 0.2) is 0 Å². The van der Waals surface area contributed by atoms with E-state index in [9.17, 15) is 0 Å². The smallest absolute Gasteiger partial charge is 0.151 e. The van der Waals surface area contributed by atoms with E-state index in [0.717, 1.165) is 38.9 Å². The molecule has 0 saturated carbocycles. The van der Waals surface area contributed by atoms with E-state index in [2.05, 4.69) is 0 Å². The molecule has 0 atom stereocenters. The zero-order valence-corrected chi connectivity index (χ0v) is 27.4. The van der Waals surface area contributed by atoms with Crippen molar-refractivity contribution < 1.29 is 25.2 Å². The number of unbranched alkanes of at least 4 members (excludes halogenated alkanes) is 28. The summed E-state index contributed by atoms with van der Waals surface area (Å²) in [7, 11) is 0. The molecule has 0 heterocycles. The van der Waals surface area contributed by atoms with E-state index < -0.39 is 12.6 Å². The second-order valence-corrected chi connectivity index (χ2v) is 12.8. The Bertz CT molecular complexity index is 417. The van der Waals surface area contributed by atoms with E-state index in [0.29, 0.717) is 12.8 Å². The van der Waals surface area contributed by atoms with Crippen molar-refractivity contribution in [1.29, 1.82) is 0 Å². The van der Waals surface area contributed by atoms with Crippen molar-refractivity contribution in [1.82, 2.24) is 0 Å². The molecule has 0 aliphatic heterocycles. The van der Waals surface area contributed by atoms with E-state index >= 15 is 0 Å². The summed E-state index contributed by atoms with van der Waals surface area (Å²) < 4.78 is 5.85. The second kappa shape index (κ2) is 36.0. The number of hydrogen-bond donors (Lipinski definition) is 4. The normalized spacial score (nSPS) is 11.9. The number of aliphatic hydroxyl groups excluding tert-OH is 2. The molecule has 0 aromatic rings. The van der Waals surface area contributed by atoms with Gasteiger partial charge in [0, 0.05) is 13.2 Å². The van der Waals surface area contributed by atoms with Crippen LogP contribution in [0.25, 0.3) is 0 Å². The highest BCUT2D eigenvalue weighted by atomic mass is 16.5. The second-order valence-electron chi connectivity index (χ2n) is 12.8. The molecule has 5 heteroatoms. The minimum atomic E-state index is -1.11. The van der Waals surface area contributed by atoms with Gasteiger partial charge in [-0.05, 0) is 38.5 Å². The van der Waals surface area contributed by atoms with Crippen LogP contribution in [-0.2, 0) is 4.74 Å². The molecule has 41 heavy (non-hydrogen) atoms. The van der Waals surface area contributed by atoms with Gasteiger partial charge in [-0.2, -0.15) is 0 Å². The van der Waals surface area contributed by atoms with Gasteiger partial charge in [-0.25, -0.2) is 0 Å². The number of hydrogen-bond acceptors (Lipinski definition) is 5. The van der Waals surface area contributed by atoms with Gasteiger partial charge in [-0.3, -0.25) is 0 Å².